The number of rotatable bonds is 1. The number of anilines is 2. The van der Waals surface area contributed by atoms with Crippen LogP contribution in [0, 0.1) is 11.6 Å². The molecule has 2 amide bonds. The summed E-state index contributed by atoms with van der Waals surface area (Å²) < 4.78 is 30.3. The van der Waals surface area contributed by atoms with Crippen molar-refractivity contribution in [2.24, 2.45) is 0 Å². The number of carbonyl (C=O) groups excluding carboxylic acids is 1. The molecular formula is C23H19ClF2N4O4. The van der Waals surface area contributed by atoms with Gasteiger partial charge in [-0.05, 0) is 25.1 Å². The lowest BCUT2D eigenvalue weighted by Gasteiger charge is -2.49. The zero-order chi connectivity index (χ0) is 24.5. The third-order valence-electron chi connectivity index (χ3n) is 6.50. The smallest absolute Gasteiger partial charge is 0.407 e. The molecule has 176 valence electrons. The number of benzene rings is 2. The molecule has 5 rings (SSSR count). The van der Waals surface area contributed by atoms with Gasteiger partial charge in [0.1, 0.15) is 23.1 Å². The summed E-state index contributed by atoms with van der Waals surface area (Å²) in [5.74, 6) is -2.55. The number of fused-ring (bicyclic) bond motifs is 5. The van der Waals surface area contributed by atoms with Crippen molar-refractivity contribution in [2.45, 2.75) is 19.0 Å². The molecule has 0 unspecified atom stereocenters. The minimum absolute atomic E-state index is 0.0552. The Morgan fingerprint density at radius 1 is 1.24 bits per heavy atom. The van der Waals surface area contributed by atoms with Crippen LogP contribution in [-0.2, 0) is 4.79 Å². The van der Waals surface area contributed by atoms with Gasteiger partial charge < -0.3 is 24.9 Å². The Bertz CT molecular complexity index is 1360. The number of hydrogen-bond donors (Lipinski definition) is 2. The number of halogens is 3. The average molecular weight is 489 g/mol. The molecule has 2 aliphatic rings. The predicted molar refractivity (Wildman–Crippen MR) is 123 cm³/mol. The molecule has 2 aromatic carbocycles. The maximum Gasteiger partial charge on any atom is 0.407 e. The van der Waals surface area contributed by atoms with E-state index in [1.165, 1.54) is 34.2 Å². The van der Waals surface area contributed by atoms with E-state index in [-0.39, 0.29) is 40.7 Å². The van der Waals surface area contributed by atoms with Crippen LogP contribution in [0.5, 0.6) is 5.75 Å². The van der Waals surface area contributed by atoms with Crippen LogP contribution in [-0.4, -0.2) is 64.3 Å². The first-order valence-electron chi connectivity index (χ1n) is 10.4. The summed E-state index contributed by atoms with van der Waals surface area (Å²) in [7, 11) is 1.54. The fourth-order valence-corrected chi connectivity index (χ4v) is 5.11. The van der Waals surface area contributed by atoms with Crippen molar-refractivity contribution in [3.8, 4) is 16.9 Å². The summed E-state index contributed by atoms with van der Waals surface area (Å²) in [6.45, 7) is 1.86. The largest absolute Gasteiger partial charge is 0.507 e. The molecule has 34 heavy (non-hydrogen) atoms. The molecule has 2 aliphatic heterocycles. The van der Waals surface area contributed by atoms with E-state index in [0.29, 0.717) is 16.8 Å². The summed E-state index contributed by atoms with van der Waals surface area (Å²) in [5, 5.41) is 19.9. The van der Waals surface area contributed by atoms with Crippen LogP contribution >= 0.6 is 11.6 Å². The number of likely N-dealkylation sites (N-methyl/N-ethyl adjacent to an activating group) is 1. The monoisotopic (exact) mass is 488 g/mol. The number of amides is 2. The number of phenolic OH excluding ortho intramolecular Hbond substituents is 1. The molecule has 0 bridgehead atoms. The first kappa shape index (κ1) is 22.1. The van der Waals surface area contributed by atoms with Crippen LogP contribution < -0.4 is 9.80 Å². The number of carbonyl (C=O) groups is 2. The summed E-state index contributed by atoms with van der Waals surface area (Å²) in [6.07, 6.45) is 0.221. The lowest BCUT2D eigenvalue weighted by atomic mass is 9.96. The normalized spacial score (nSPS) is 19.9. The molecule has 0 saturated carbocycles. The topological polar surface area (TPSA) is 97.2 Å². The van der Waals surface area contributed by atoms with Crippen molar-refractivity contribution in [3.05, 3.63) is 47.1 Å². The fraction of sp³-hybridized carbons (Fsp3) is 0.261. The maximum absolute atomic E-state index is 15.8. The quantitative estimate of drug-likeness (QED) is 0.536. The highest BCUT2D eigenvalue weighted by molar-refractivity contribution is 6.34. The van der Waals surface area contributed by atoms with Gasteiger partial charge in [-0.1, -0.05) is 17.7 Å². The highest BCUT2D eigenvalue weighted by Crippen LogP contribution is 2.47. The SMILES string of the molecule is C[C@@H]1CN2c3c(cnc4c(F)c(-c5c(O)cccc5F)c(Cl)cc34)N(C)C(=O)[C@H]2CN1C(=O)O. The van der Waals surface area contributed by atoms with Crippen LogP contribution in [0.1, 0.15) is 6.92 Å². The van der Waals surface area contributed by atoms with Crippen molar-refractivity contribution in [3.63, 3.8) is 0 Å². The molecular weight excluding hydrogens is 470 g/mol. The average Bonchev–Trinajstić information content (AvgIpc) is 2.78. The Morgan fingerprint density at radius 3 is 2.65 bits per heavy atom. The van der Waals surface area contributed by atoms with Gasteiger partial charge in [-0.2, -0.15) is 0 Å². The van der Waals surface area contributed by atoms with E-state index in [1.807, 2.05) is 0 Å². The fourth-order valence-electron chi connectivity index (χ4n) is 4.82. The molecule has 0 radical (unpaired) electrons. The number of carboxylic acid groups (broad SMARTS) is 1. The molecule has 2 atom stereocenters. The molecule has 3 aromatic rings. The van der Waals surface area contributed by atoms with Gasteiger partial charge in [-0.3, -0.25) is 9.78 Å². The van der Waals surface area contributed by atoms with E-state index >= 15 is 4.39 Å². The van der Waals surface area contributed by atoms with E-state index in [9.17, 15) is 24.2 Å². The summed E-state index contributed by atoms with van der Waals surface area (Å²) in [4.78, 5) is 33.2. The van der Waals surface area contributed by atoms with Gasteiger partial charge in [0.05, 0.1) is 34.7 Å². The molecule has 1 fully saturated rings. The van der Waals surface area contributed by atoms with Gasteiger partial charge in [0.2, 0.25) is 0 Å². The molecule has 1 aromatic heterocycles. The second kappa shape index (κ2) is 7.69. The van der Waals surface area contributed by atoms with E-state index in [0.717, 1.165) is 6.07 Å². The Balaban J connectivity index is 1.76. The third kappa shape index (κ3) is 3.05. The second-order valence-corrected chi connectivity index (χ2v) is 8.83. The van der Waals surface area contributed by atoms with Crippen molar-refractivity contribution in [2.75, 3.05) is 29.9 Å². The molecule has 0 aliphatic carbocycles. The number of phenols is 1. The van der Waals surface area contributed by atoms with Gasteiger partial charge in [0.25, 0.3) is 5.91 Å². The standard InChI is InChI=1S/C23H19ClF2N4O4/c1-10-8-30-15(9-29(10)23(33)34)22(32)28(2)14-7-27-20-11(21(14)30)6-12(24)17(19(20)26)18-13(25)4-3-5-16(18)31/h3-7,10,15,31H,8-9H2,1-2H3,(H,33,34)/t10-,15-/m1/s1. The van der Waals surface area contributed by atoms with Crippen molar-refractivity contribution >= 4 is 45.9 Å². The second-order valence-electron chi connectivity index (χ2n) is 8.42. The molecule has 0 spiro atoms. The van der Waals surface area contributed by atoms with Gasteiger partial charge >= 0.3 is 6.09 Å². The van der Waals surface area contributed by atoms with Gasteiger partial charge in [0.15, 0.2) is 5.82 Å². The number of pyridine rings is 1. The van der Waals surface area contributed by atoms with Crippen LogP contribution in [0.3, 0.4) is 0 Å². The number of nitrogens with zero attached hydrogens (tertiary/aromatic N) is 4. The summed E-state index contributed by atoms with van der Waals surface area (Å²) in [5.41, 5.74) is 0.0924. The molecule has 3 heterocycles. The van der Waals surface area contributed by atoms with Gasteiger partial charge in [0, 0.05) is 30.6 Å². The van der Waals surface area contributed by atoms with Crippen molar-refractivity contribution < 1.29 is 28.6 Å². The van der Waals surface area contributed by atoms with Crippen LogP contribution in [0.15, 0.2) is 30.5 Å². The summed E-state index contributed by atoms with van der Waals surface area (Å²) >= 11 is 6.43. The predicted octanol–water partition coefficient (Wildman–Crippen LogP) is 4.07. The Labute approximate surface area is 197 Å². The maximum atomic E-state index is 15.8. The lowest BCUT2D eigenvalue weighted by molar-refractivity contribution is -0.120. The Morgan fingerprint density at radius 2 is 1.97 bits per heavy atom. The van der Waals surface area contributed by atoms with Crippen LogP contribution in [0.4, 0.5) is 25.0 Å². The minimum Gasteiger partial charge on any atom is -0.507 e. The zero-order valence-corrected chi connectivity index (χ0v) is 18.8. The van der Waals surface area contributed by atoms with E-state index < -0.39 is 35.6 Å². The van der Waals surface area contributed by atoms with Crippen molar-refractivity contribution in [1.82, 2.24) is 9.88 Å². The molecule has 1 saturated heterocycles. The van der Waals surface area contributed by atoms with E-state index in [1.54, 1.807) is 18.9 Å². The lowest BCUT2D eigenvalue weighted by Crippen LogP contribution is -2.65. The number of aromatic hydroxyl groups is 1. The molecule has 2 N–H and O–H groups in total. The minimum atomic E-state index is -1.13. The highest BCUT2D eigenvalue weighted by atomic mass is 35.5. The van der Waals surface area contributed by atoms with E-state index in [2.05, 4.69) is 4.98 Å². The van der Waals surface area contributed by atoms with E-state index in [4.69, 9.17) is 11.6 Å². The van der Waals surface area contributed by atoms with Gasteiger partial charge in [-0.15, -0.1) is 0 Å². The third-order valence-corrected chi connectivity index (χ3v) is 6.79. The van der Waals surface area contributed by atoms with Crippen LogP contribution in [0.2, 0.25) is 5.02 Å². The number of hydrogen-bond acceptors (Lipinski definition) is 5. The Hall–Kier alpha value is -3.66. The molecule has 11 heteroatoms. The summed E-state index contributed by atoms with van der Waals surface area (Å²) in [6, 6.07) is 3.79. The van der Waals surface area contributed by atoms with Crippen LogP contribution in [0.25, 0.3) is 22.0 Å². The number of piperazine rings is 1. The first-order valence-corrected chi connectivity index (χ1v) is 10.8. The molecule has 8 nitrogen and oxygen atoms in total. The Kier molecular flexibility index (Phi) is 5.01. The number of aromatic nitrogens is 1. The zero-order valence-electron chi connectivity index (χ0n) is 18.1. The van der Waals surface area contributed by atoms with Crippen molar-refractivity contribution in [1.29, 1.82) is 0 Å². The first-order chi connectivity index (χ1) is 16.1. The van der Waals surface area contributed by atoms with Gasteiger partial charge in [-0.25, -0.2) is 13.6 Å². The highest BCUT2D eigenvalue weighted by Gasteiger charge is 2.45.